The van der Waals surface area contributed by atoms with Gasteiger partial charge >= 0.3 is 0 Å². The standard InChI is InChI=1S/C12H19N3O/c1-3-4-5-10(13)11(16)9-6-8(2)7-15-12(9)14/h6-7,10H,3-5,13H2,1-2H3,(H2,14,15). The van der Waals surface area contributed by atoms with Crippen LogP contribution in [0.5, 0.6) is 0 Å². The van der Waals surface area contributed by atoms with Gasteiger partial charge in [-0.1, -0.05) is 19.8 Å². The van der Waals surface area contributed by atoms with Crippen LogP contribution < -0.4 is 11.5 Å². The molecule has 4 heteroatoms. The first kappa shape index (κ1) is 12.6. The molecule has 1 aromatic rings. The van der Waals surface area contributed by atoms with Gasteiger partial charge in [-0.3, -0.25) is 4.79 Å². The number of Topliss-reactive ketones (excluding diaryl/α,β-unsaturated/α-hetero) is 1. The second-order valence-corrected chi connectivity index (χ2v) is 4.06. The lowest BCUT2D eigenvalue weighted by Gasteiger charge is -2.11. The van der Waals surface area contributed by atoms with E-state index in [0.29, 0.717) is 12.0 Å². The number of unbranched alkanes of at least 4 members (excludes halogenated alkanes) is 1. The number of aryl methyl sites for hydroxylation is 1. The summed E-state index contributed by atoms with van der Waals surface area (Å²) in [6, 6.07) is 1.28. The van der Waals surface area contributed by atoms with Crippen molar-refractivity contribution in [3.63, 3.8) is 0 Å². The molecule has 0 aliphatic carbocycles. The topological polar surface area (TPSA) is 82.0 Å². The Hall–Kier alpha value is -1.42. The normalized spacial score (nSPS) is 12.4. The molecule has 4 N–H and O–H groups in total. The van der Waals surface area contributed by atoms with Crippen LogP contribution in [0.4, 0.5) is 5.82 Å². The summed E-state index contributed by atoms with van der Waals surface area (Å²) in [6.07, 6.45) is 4.32. The number of hydrogen-bond acceptors (Lipinski definition) is 4. The van der Waals surface area contributed by atoms with E-state index in [9.17, 15) is 4.79 Å². The van der Waals surface area contributed by atoms with E-state index in [-0.39, 0.29) is 11.6 Å². The quantitative estimate of drug-likeness (QED) is 0.741. The zero-order valence-electron chi connectivity index (χ0n) is 9.86. The summed E-state index contributed by atoms with van der Waals surface area (Å²) < 4.78 is 0. The first-order valence-electron chi connectivity index (χ1n) is 5.58. The van der Waals surface area contributed by atoms with E-state index in [4.69, 9.17) is 11.5 Å². The third-order valence-corrected chi connectivity index (χ3v) is 2.53. The van der Waals surface area contributed by atoms with E-state index in [0.717, 1.165) is 18.4 Å². The highest BCUT2D eigenvalue weighted by molar-refractivity contribution is 6.03. The highest BCUT2D eigenvalue weighted by Crippen LogP contribution is 2.14. The van der Waals surface area contributed by atoms with Crippen molar-refractivity contribution in [2.24, 2.45) is 5.73 Å². The summed E-state index contributed by atoms with van der Waals surface area (Å²) in [5, 5.41) is 0. The van der Waals surface area contributed by atoms with Gasteiger partial charge in [0.25, 0.3) is 0 Å². The second-order valence-electron chi connectivity index (χ2n) is 4.06. The van der Waals surface area contributed by atoms with Gasteiger partial charge < -0.3 is 11.5 Å². The summed E-state index contributed by atoms with van der Waals surface area (Å²) in [5.74, 6) is 0.157. The Morgan fingerprint density at radius 1 is 1.56 bits per heavy atom. The van der Waals surface area contributed by atoms with E-state index in [2.05, 4.69) is 11.9 Å². The molecule has 0 aliphatic rings. The van der Waals surface area contributed by atoms with Gasteiger partial charge in [-0.15, -0.1) is 0 Å². The van der Waals surface area contributed by atoms with E-state index < -0.39 is 6.04 Å². The molecule has 1 atom stereocenters. The molecule has 0 fully saturated rings. The minimum atomic E-state index is -0.467. The van der Waals surface area contributed by atoms with Crippen LogP contribution in [-0.2, 0) is 0 Å². The van der Waals surface area contributed by atoms with Crippen molar-refractivity contribution in [3.05, 3.63) is 23.4 Å². The van der Waals surface area contributed by atoms with Gasteiger partial charge in [0, 0.05) is 6.20 Å². The van der Waals surface area contributed by atoms with E-state index in [1.54, 1.807) is 12.3 Å². The molecule has 0 spiro atoms. The zero-order valence-corrected chi connectivity index (χ0v) is 9.86. The molecule has 4 nitrogen and oxygen atoms in total. The molecule has 0 amide bonds. The minimum Gasteiger partial charge on any atom is -0.383 e. The van der Waals surface area contributed by atoms with Gasteiger partial charge in [-0.25, -0.2) is 4.98 Å². The van der Waals surface area contributed by atoms with Crippen molar-refractivity contribution in [2.45, 2.75) is 39.2 Å². The van der Waals surface area contributed by atoms with E-state index >= 15 is 0 Å². The number of nitrogens with two attached hydrogens (primary N) is 2. The van der Waals surface area contributed by atoms with Crippen molar-refractivity contribution < 1.29 is 4.79 Å². The Bertz CT molecular complexity index is 377. The van der Waals surface area contributed by atoms with Crippen LogP contribution in [-0.4, -0.2) is 16.8 Å². The molecule has 0 aliphatic heterocycles. The largest absolute Gasteiger partial charge is 0.383 e. The Kier molecular flexibility index (Phi) is 4.43. The molecule has 1 heterocycles. The Morgan fingerprint density at radius 3 is 2.88 bits per heavy atom. The number of nitrogen functional groups attached to an aromatic ring is 1. The molecule has 88 valence electrons. The van der Waals surface area contributed by atoms with Crippen LogP contribution in [0, 0.1) is 6.92 Å². The maximum absolute atomic E-state index is 12.0. The third-order valence-electron chi connectivity index (χ3n) is 2.53. The van der Waals surface area contributed by atoms with Gasteiger partial charge in [0.2, 0.25) is 0 Å². The van der Waals surface area contributed by atoms with Crippen molar-refractivity contribution >= 4 is 11.6 Å². The summed E-state index contributed by atoms with van der Waals surface area (Å²) >= 11 is 0. The lowest BCUT2D eigenvalue weighted by Crippen LogP contribution is -2.31. The van der Waals surface area contributed by atoms with E-state index in [1.165, 1.54) is 0 Å². The fourth-order valence-electron chi connectivity index (χ4n) is 1.53. The van der Waals surface area contributed by atoms with Gasteiger partial charge in [0.1, 0.15) is 5.82 Å². The number of carbonyl (C=O) groups excluding carboxylic acids is 1. The maximum atomic E-state index is 12.0. The molecular weight excluding hydrogens is 202 g/mol. The number of ketones is 1. The van der Waals surface area contributed by atoms with Gasteiger partial charge in [0.05, 0.1) is 11.6 Å². The lowest BCUT2D eigenvalue weighted by atomic mass is 10.00. The Morgan fingerprint density at radius 2 is 2.25 bits per heavy atom. The monoisotopic (exact) mass is 221 g/mol. The minimum absolute atomic E-state index is 0.109. The second kappa shape index (κ2) is 5.61. The summed E-state index contributed by atoms with van der Waals surface area (Å²) in [4.78, 5) is 15.9. The molecule has 1 rings (SSSR count). The smallest absolute Gasteiger partial charge is 0.183 e. The predicted molar refractivity (Wildman–Crippen MR) is 65.2 cm³/mol. The fraction of sp³-hybridized carbons (Fsp3) is 0.500. The summed E-state index contributed by atoms with van der Waals surface area (Å²) in [6.45, 7) is 3.95. The van der Waals surface area contributed by atoms with Crippen molar-refractivity contribution in [1.82, 2.24) is 4.98 Å². The fourth-order valence-corrected chi connectivity index (χ4v) is 1.53. The average molecular weight is 221 g/mol. The van der Waals surface area contributed by atoms with Crippen molar-refractivity contribution in [3.8, 4) is 0 Å². The molecule has 0 bridgehead atoms. The number of nitrogens with zero attached hydrogens (tertiary/aromatic N) is 1. The van der Waals surface area contributed by atoms with Crippen LogP contribution in [0.15, 0.2) is 12.3 Å². The molecule has 0 saturated heterocycles. The number of rotatable bonds is 5. The van der Waals surface area contributed by atoms with Crippen LogP contribution in [0.1, 0.15) is 42.1 Å². The molecular formula is C12H19N3O. The highest BCUT2D eigenvalue weighted by Gasteiger charge is 2.18. The number of pyridine rings is 1. The lowest BCUT2D eigenvalue weighted by molar-refractivity contribution is 0.0956. The molecule has 0 saturated carbocycles. The number of hydrogen-bond donors (Lipinski definition) is 2. The van der Waals surface area contributed by atoms with Crippen LogP contribution >= 0.6 is 0 Å². The Labute approximate surface area is 96.0 Å². The third kappa shape index (κ3) is 3.03. The first-order chi connectivity index (χ1) is 7.56. The number of anilines is 1. The van der Waals surface area contributed by atoms with E-state index in [1.807, 2.05) is 6.92 Å². The highest BCUT2D eigenvalue weighted by atomic mass is 16.1. The SMILES string of the molecule is CCCCC(N)C(=O)c1cc(C)cnc1N. The number of aromatic nitrogens is 1. The van der Waals surface area contributed by atoms with Crippen LogP contribution in [0.2, 0.25) is 0 Å². The maximum Gasteiger partial charge on any atom is 0.183 e. The Balaban J connectivity index is 2.83. The number of carbonyl (C=O) groups is 1. The van der Waals surface area contributed by atoms with Crippen molar-refractivity contribution in [2.75, 3.05) is 5.73 Å². The van der Waals surface area contributed by atoms with Gasteiger partial charge in [-0.2, -0.15) is 0 Å². The summed E-state index contributed by atoms with van der Waals surface area (Å²) in [5.41, 5.74) is 12.9. The van der Waals surface area contributed by atoms with Gasteiger partial charge in [-0.05, 0) is 25.0 Å². The summed E-state index contributed by atoms with van der Waals surface area (Å²) in [7, 11) is 0. The molecule has 0 radical (unpaired) electrons. The molecule has 0 aromatic carbocycles. The first-order valence-corrected chi connectivity index (χ1v) is 5.58. The average Bonchev–Trinajstić information content (AvgIpc) is 2.28. The van der Waals surface area contributed by atoms with Gasteiger partial charge in [0.15, 0.2) is 5.78 Å². The zero-order chi connectivity index (χ0) is 12.1. The molecule has 1 unspecified atom stereocenters. The van der Waals surface area contributed by atoms with Crippen LogP contribution in [0.25, 0.3) is 0 Å². The predicted octanol–water partition coefficient (Wildman–Crippen LogP) is 1.67. The van der Waals surface area contributed by atoms with Crippen molar-refractivity contribution in [1.29, 1.82) is 0 Å². The molecule has 1 aromatic heterocycles. The van der Waals surface area contributed by atoms with Crippen LogP contribution in [0.3, 0.4) is 0 Å². The molecule has 16 heavy (non-hydrogen) atoms.